The van der Waals surface area contributed by atoms with Crippen LogP contribution in [0.4, 0.5) is 0 Å². The largest absolute Gasteiger partial charge is 0.480 e. The summed E-state index contributed by atoms with van der Waals surface area (Å²) in [5.74, 6) is 0.154. The molecule has 0 saturated heterocycles. The summed E-state index contributed by atoms with van der Waals surface area (Å²) >= 11 is 0. The molecule has 1 atom stereocenters. The van der Waals surface area contributed by atoms with Crippen molar-refractivity contribution in [3.8, 4) is 0 Å². The average Bonchev–Trinajstić information content (AvgIpc) is 3.12. The van der Waals surface area contributed by atoms with Gasteiger partial charge in [-0.25, -0.2) is 0 Å². The highest BCUT2D eigenvalue weighted by molar-refractivity contribution is 5.78. The summed E-state index contributed by atoms with van der Waals surface area (Å²) in [6, 6.07) is 0. The number of carboxylic acids is 1. The van der Waals surface area contributed by atoms with E-state index in [0.29, 0.717) is 6.42 Å². The van der Waals surface area contributed by atoms with Crippen molar-refractivity contribution >= 4 is 5.97 Å². The Hall–Kier alpha value is -0.610. The Morgan fingerprint density at radius 1 is 1.44 bits per heavy atom. The van der Waals surface area contributed by atoms with E-state index in [-0.39, 0.29) is 0 Å². The van der Waals surface area contributed by atoms with Crippen molar-refractivity contribution in [3.05, 3.63) is 0 Å². The minimum atomic E-state index is -0.780. The van der Waals surface area contributed by atoms with E-state index in [1.165, 1.54) is 25.8 Å². The minimum absolute atomic E-state index is 0.684. The van der Waals surface area contributed by atoms with E-state index in [1.807, 2.05) is 0 Å². The van der Waals surface area contributed by atoms with Crippen LogP contribution in [-0.4, -0.2) is 48.2 Å². The van der Waals surface area contributed by atoms with Crippen LogP contribution in [0.1, 0.15) is 46.0 Å². The lowest BCUT2D eigenvalue weighted by Crippen LogP contribution is -2.48. The van der Waals surface area contributed by atoms with Gasteiger partial charge in [0.1, 0.15) is 5.54 Å². The Bertz CT molecular complexity index is 267. The quantitative estimate of drug-likeness (QED) is 0.627. The summed E-state index contributed by atoms with van der Waals surface area (Å²) in [4.78, 5) is 13.7. The summed E-state index contributed by atoms with van der Waals surface area (Å²) in [6.07, 6.45) is 5.56. The van der Waals surface area contributed by atoms with Gasteiger partial charge in [-0.2, -0.15) is 0 Å². The molecule has 18 heavy (non-hydrogen) atoms. The summed E-state index contributed by atoms with van der Waals surface area (Å²) in [5.41, 5.74) is -0.780. The van der Waals surface area contributed by atoms with Crippen molar-refractivity contribution in [2.24, 2.45) is 5.92 Å². The van der Waals surface area contributed by atoms with Crippen molar-refractivity contribution in [1.82, 2.24) is 10.2 Å². The number of nitrogens with one attached hydrogen (secondary N) is 1. The highest BCUT2D eigenvalue weighted by atomic mass is 16.4. The van der Waals surface area contributed by atoms with E-state index < -0.39 is 11.5 Å². The summed E-state index contributed by atoms with van der Waals surface area (Å²) < 4.78 is 0. The van der Waals surface area contributed by atoms with Crippen LogP contribution >= 0.6 is 0 Å². The summed E-state index contributed by atoms with van der Waals surface area (Å²) in [5, 5.41) is 12.1. The molecule has 1 rings (SSSR count). The third kappa shape index (κ3) is 4.94. The lowest BCUT2D eigenvalue weighted by atomic mass is 9.96. The molecule has 0 spiro atoms. The monoisotopic (exact) mass is 256 g/mol. The molecule has 1 aliphatic rings. The molecule has 0 heterocycles. The van der Waals surface area contributed by atoms with Gasteiger partial charge in [-0.15, -0.1) is 0 Å². The number of rotatable bonds is 10. The predicted molar refractivity (Wildman–Crippen MR) is 73.8 cm³/mol. The van der Waals surface area contributed by atoms with Crippen LogP contribution in [0.3, 0.4) is 0 Å². The highest BCUT2D eigenvalue weighted by Crippen LogP contribution is 2.29. The number of likely N-dealkylation sites (N-methyl/N-ethyl adjacent to an activating group) is 1. The molecule has 0 radical (unpaired) electrons. The number of carboxylic acid groups (broad SMARTS) is 1. The third-order valence-corrected chi connectivity index (χ3v) is 3.93. The minimum Gasteiger partial charge on any atom is -0.480 e. The molecule has 0 aromatic rings. The fraction of sp³-hybridized carbons (Fsp3) is 0.929. The van der Waals surface area contributed by atoms with Gasteiger partial charge in [0.05, 0.1) is 0 Å². The molecule has 1 unspecified atom stereocenters. The van der Waals surface area contributed by atoms with Crippen LogP contribution in [0.25, 0.3) is 0 Å². The van der Waals surface area contributed by atoms with E-state index in [9.17, 15) is 9.90 Å². The normalized spacial score (nSPS) is 18.9. The van der Waals surface area contributed by atoms with E-state index >= 15 is 0 Å². The van der Waals surface area contributed by atoms with Crippen LogP contribution in [-0.2, 0) is 4.79 Å². The maximum atomic E-state index is 11.2. The van der Waals surface area contributed by atoms with Gasteiger partial charge in [0.2, 0.25) is 0 Å². The van der Waals surface area contributed by atoms with Crippen LogP contribution in [0.15, 0.2) is 0 Å². The van der Waals surface area contributed by atoms with Crippen molar-refractivity contribution in [1.29, 1.82) is 0 Å². The van der Waals surface area contributed by atoms with E-state index in [0.717, 1.165) is 25.4 Å². The van der Waals surface area contributed by atoms with Gasteiger partial charge in [0.25, 0.3) is 0 Å². The molecule has 1 saturated carbocycles. The first-order valence-corrected chi connectivity index (χ1v) is 7.16. The van der Waals surface area contributed by atoms with Gasteiger partial charge in [-0.1, -0.05) is 6.92 Å². The first-order valence-electron chi connectivity index (χ1n) is 7.16. The van der Waals surface area contributed by atoms with Crippen LogP contribution in [0.2, 0.25) is 0 Å². The molecule has 1 fully saturated rings. The lowest BCUT2D eigenvalue weighted by Gasteiger charge is -2.27. The van der Waals surface area contributed by atoms with Gasteiger partial charge >= 0.3 is 5.97 Å². The number of aliphatic carboxylic acids is 1. The van der Waals surface area contributed by atoms with Crippen molar-refractivity contribution in [2.45, 2.75) is 51.5 Å². The first-order chi connectivity index (χ1) is 8.51. The summed E-state index contributed by atoms with van der Waals surface area (Å²) in [7, 11) is 1.72. The molecular weight excluding hydrogens is 228 g/mol. The predicted octanol–water partition coefficient (Wildman–Crippen LogP) is 1.95. The maximum absolute atomic E-state index is 11.2. The van der Waals surface area contributed by atoms with Crippen molar-refractivity contribution in [3.63, 3.8) is 0 Å². The van der Waals surface area contributed by atoms with Crippen LogP contribution in [0.5, 0.6) is 0 Å². The second-order valence-corrected chi connectivity index (χ2v) is 5.73. The zero-order chi connectivity index (χ0) is 13.6. The standard InChI is InChI=1S/C14H28N2O2/c1-4-9-16(11-12-6-7-12)10-5-8-14(2,15-3)13(17)18/h12,15H,4-11H2,1-3H3,(H,17,18). The van der Waals surface area contributed by atoms with Crippen molar-refractivity contribution < 1.29 is 9.90 Å². The molecule has 4 heteroatoms. The lowest BCUT2D eigenvalue weighted by molar-refractivity contribution is -0.144. The molecule has 2 N–H and O–H groups in total. The fourth-order valence-corrected chi connectivity index (χ4v) is 2.27. The molecule has 0 aromatic carbocycles. The van der Waals surface area contributed by atoms with Crippen LogP contribution < -0.4 is 5.32 Å². The maximum Gasteiger partial charge on any atom is 0.323 e. The van der Waals surface area contributed by atoms with Crippen molar-refractivity contribution in [2.75, 3.05) is 26.7 Å². The van der Waals surface area contributed by atoms with Gasteiger partial charge in [-0.05, 0) is 65.1 Å². The Morgan fingerprint density at radius 2 is 2.11 bits per heavy atom. The Labute approximate surface area is 111 Å². The average molecular weight is 256 g/mol. The number of hydrogen-bond donors (Lipinski definition) is 2. The highest BCUT2D eigenvalue weighted by Gasteiger charge is 2.30. The van der Waals surface area contributed by atoms with E-state index in [4.69, 9.17) is 0 Å². The summed E-state index contributed by atoms with van der Waals surface area (Å²) in [6.45, 7) is 7.33. The number of hydrogen-bond acceptors (Lipinski definition) is 3. The molecule has 0 amide bonds. The zero-order valence-corrected chi connectivity index (χ0v) is 12.0. The fourth-order valence-electron chi connectivity index (χ4n) is 2.27. The van der Waals surface area contributed by atoms with Gasteiger partial charge in [0, 0.05) is 6.54 Å². The molecule has 0 aliphatic heterocycles. The molecule has 0 aromatic heterocycles. The Kier molecular flexibility index (Phi) is 6.09. The molecule has 106 valence electrons. The first kappa shape index (κ1) is 15.4. The second-order valence-electron chi connectivity index (χ2n) is 5.73. The molecule has 0 bridgehead atoms. The third-order valence-electron chi connectivity index (χ3n) is 3.93. The van der Waals surface area contributed by atoms with E-state index in [1.54, 1.807) is 14.0 Å². The van der Waals surface area contributed by atoms with Gasteiger partial charge in [-0.3, -0.25) is 4.79 Å². The van der Waals surface area contributed by atoms with Gasteiger partial charge in [0.15, 0.2) is 0 Å². The Balaban J connectivity index is 2.29. The topological polar surface area (TPSA) is 52.6 Å². The number of carbonyl (C=O) groups is 1. The second kappa shape index (κ2) is 7.10. The molecular formula is C14H28N2O2. The molecule has 4 nitrogen and oxygen atoms in total. The smallest absolute Gasteiger partial charge is 0.323 e. The number of nitrogens with zero attached hydrogens (tertiary/aromatic N) is 1. The van der Waals surface area contributed by atoms with E-state index in [2.05, 4.69) is 17.1 Å². The van der Waals surface area contributed by atoms with Crippen LogP contribution in [0, 0.1) is 5.92 Å². The van der Waals surface area contributed by atoms with Gasteiger partial charge < -0.3 is 15.3 Å². The SMILES string of the molecule is CCCN(CCCC(C)(NC)C(=O)O)CC1CC1. The zero-order valence-electron chi connectivity index (χ0n) is 12.0. The Morgan fingerprint density at radius 3 is 2.56 bits per heavy atom. The molecule has 1 aliphatic carbocycles.